The van der Waals surface area contributed by atoms with Gasteiger partial charge in [0, 0.05) is 12.3 Å². The SMILES string of the molecule is CCCCCCCCCC(CCC)CCCP(=O)(O)CC(CC)CCCC. The van der Waals surface area contributed by atoms with Gasteiger partial charge in [-0.1, -0.05) is 111 Å². The van der Waals surface area contributed by atoms with Crippen molar-refractivity contribution in [3.63, 3.8) is 0 Å². The van der Waals surface area contributed by atoms with E-state index < -0.39 is 7.37 Å². The van der Waals surface area contributed by atoms with Crippen LogP contribution in [0, 0.1) is 11.8 Å². The second-order valence-corrected chi connectivity index (χ2v) is 11.4. The highest BCUT2D eigenvalue weighted by atomic mass is 31.2. The molecule has 3 atom stereocenters. The van der Waals surface area contributed by atoms with Crippen molar-refractivity contribution in [2.24, 2.45) is 11.8 Å². The van der Waals surface area contributed by atoms with E-state index in [0.717, 1.165) is 31.6 Å². The van der Waals surface area contributed by atoms with E-state index in [-0.39, 0.29) is 0 Å². The van der Waals surface area contributed by atoms with Crippen molar-refractivity contribution >= 4 is 7.37 Å². The molecule has 3 unspecified atom stereocenters. The van der Waals surface area contributed by atoms with Crippen LogP contribution < -0.4 is 0 Å². The van der Waals surface area contributed by atoms with Gasteiger partial charge >= 0.3 is 0 Å². The van der Waals surface area contributed by atoms with Gasteiger partial charge in [0.05, 0.1) is 0 Å². The van der Waals surface area contributed by atoms with Crippen molar-refractivity contribution in [3.05, 3.63) is 0 Å². The zero-order valence-corrected chi connectivity index (χ0v) is 20.1. The molecule has 0 spiro atoms. The highest BCUT2D eigenvalue weighted by molar-refractivity contribution is 7.57. The van der Waals surface area contributed by atoms with E-state index in [1.165, 1.54) is 77.0 Å². The van der Waals surface area contributed by atoms with E-state index in [4.69, 9.17) is 0 Å². The maximum absolute atomic E-state index is 12.6. The Morgan fingerprint density at radius 1 is 0.630 bits per heavy atom. The molecule has 0 aliphatic heterocycles. The van der Waals surface area contributed by atoms with Crippen LogP contribution in [0.15, 0.2) is 0 Å². The normalized spacial score (nSPS) is 16.2. The third-order valence-corrected chi connectivity index (χ3v) is 8.22. The van der Waals surface area contributed by atoms with E-state index in [1.807, 2.05) is 0 Å². The second kappa shape index (κ2) is 18.2. The molecule has 0 saturated carbocycles. The van der Waals surface area contributed by atoms with Crippen LogP contribution in [-0.4, -0.2) is 17.2 Å². The predicted octanol–water partition coefficient (Wildman–Crippen LogP) is 8.81. The molecule has 0 heterocycles. The van der Waals surface area contributed by atoms with Crippen molar-refractivity contribution in [3.8, 4) is 0 Å². The van der Waals surface area contributed by atoms with Gasteiger partial charge in [-0.25, -0.2) is 0 Å². The highest BCUT2D eigenvalue weighted by Crippen LogP contribution is 2.45. The minimum Gasteiger partial charge on any atom is -0.344 e. The van der Waals surface area contributed by atoms with E-state index in [2.05, 4.69) is 27.7 Å². The van der Waals surface area contributed by atoms with Crippen LogP contribution in [0.1, 0.15) is 130 Å². The molecule has 0 aliphatic rings. The first kappa shape index (κ1) is 27.2. The Kier molecular flexibility index (Phi) is 18.4. The van der Waals surface area contributed by atoms with Gasteiger partial charge in [0.1, 0.15) is 0 Å². The minimum absolute atomic E-state index is 0.444. The molecule has 0 amide bonds. The molecule has 3 heteroatoms. The number of hydrogen-bond donors (Lipinski definition) is 1. The lowest BCUT2D eigenvalue weighted by atomic mass is 9.92. The summed E-state index contributed by atoms with van der Waals surface area (Å²) in [7, 11) is -2.93. The second-order valence-electron chi connectivity index (χ2n) is 8.88. The van der Waals surface area contributed by atoms with Crippen LogP contribution in [0.5, 0.6) is 0 Å². The van der Waals surface area contributed by atoms with Gasteiger partial charge < -0.3 is 4.89 Å². The molecular formula is C24H51O2P. The fourth-order valence-electron chi connectivity index (χ4n) is 4.27. The number of hydrogen-bond acceptors (Lipinski definition) is 1. The molecule has 2 nitrogen and oxygen atoms in total. The van der Waals surface area contributed by atoms with E-state index in [0.29, 0.717) is 18.2 Å². The highest BCUT2D eigenvalue weighted by Gasteiger charge is 2.23. The summed E-state index contributed by atoms with van der Waals surface area (Å²) in [6, 6.07) is 0. The van der Waals surface area contributed by atoms with Crippen molar-refractivity contribution in [1.82, 2.24) is 0 Å². The predicted molar refractivity (Wildman–Crippen MR) is 123 cm³/mol. The summed E-state index contributed by atoms with van der Waals surface area (Å²) in [5, 5.41) is 0. The molecule has 0 rings (SSSR count). The van der Waals surface area contributed by atoms with Gasteiger partial charge in [-0.05, 0) is 31.1 Å². The Labute approximate surface area is 171 Å². The zero-order chi connectivity index (χ0) is 20.4. The Balaban J connectivity index is 4.05. The molecule has 0 saturated heterocycles. The van der Waals surface area contributed by atoms with Crippen molar-refractivity contribution in [1.29, 1.82) is 0 Å². The Hall–Kier alpha value is 0.190. The third-order valence-electron chi connectivity index (χ3n) is 6.12. The topological polar surface area (TPSA) is 37.3 Å². The molecule has 0 radical (unpaired) electrons. The Morgan fingerprint density at radius 2 is 1.19 bits per heavy atom. The van der Waals surface area contributed by atoms with Crippen molar-refractivity contribution in [2.45, 2.75) is 130 Å². The smallest absolute Gasteiger partial charge is 0.200 e. The monoisotopic (exact) mass is 402 g/mol. The minimum atomic E-state index is -2.93. The fraction of sp³-hybridized carbons (Fsp3) is 1.00. The molecule has 0 fully saturated rings. The van der Waals surface area contributed by atoms with Crippen LogP contribution in [0.25, 0.3) is 0 Å². The lowest BCUT2D eigenvalue weighted by Crippen LogP contribution is -2.09. The van der Waals surface area contributed by atoms with Crippen LogP contribution in [-0.2, 0) is 4.57 Å². The molecule has 0 aromatic carbocycles. The Morgan fingerprint density at radius 3 is 1.78 bits per heavy atom. The fourth-order valence-corrected chi connectivity index (χ4v) is 6.38. The number of rotatable bonds is 20. The largest absolute Gasteiger partial charge is 0.344 e. The molecular weight excluding hydrogens is 351 g/mol. The third kappa shape index (κ3) is 16.8. The molecule has 0 aromatic rings. The number of unbranched alkanes of at least 4 members (excludes halogenated alkanes) is 7. The van der Waals surface area contributed by atoms with Crippen molar-refractivity contribution < 1.29 is 9.46 Å². The average Bonchev–Trinajstić information content (AvgIpc) is 2.64. The summed E-state index contributed by atoms with van der Waals surface area (Å²) < 4.78 is 12.6. The summed E-state index contributed by atoms with van der Waals surface area (Å²) in [4.78, 5) is 10.4. The van der Waals surface area contributed by atoms with Crippen molar-refractivity contribution in [2.75, 3.05) is 12.3 Å². The van der Waals surface area contributed by atoms with Gasteiger partial charge in [0.25, 0.3) is 0 Å². The van der Waals surface area contributed by atoms with Crippen LogP contribution in [0.4, 0.5) is 0 Å². The van der Waals surface area contributed by atoms with E-state index >= 15 is 0 Å². The summed E-state index contributed by atoms with van der Waals surface area (Å²) in [5.74, 6) is 1.22. The molecule has 0 aliphatic carbocycles. The maximum atomic E-state index is 12.6. The molecule has 164 valence electrons. The van der Waals surface area contributed by atoms with E-state index in [1.54, 1.807) is 0 Å². The lowest BCUT2D eigenvalue weighted by molar-refractivity contribution is 0.385. The van der Waals surface area contributed by atoms with Crippen LogP contribution in [0.3, 0.4) is 0 Å². The Bertz CT molecular complexity index is 356. The van der Waals surface area contributed by atoms with Gasteiger partial charge in [0.15, 0.2) is 0 Å². The molecule has 0 bridgehead atoms. The maximum Gasteiger partial charge on any atom is 0.200 e. The standard InChI is InChI=1S/C24H51O2P/c1-5-9-11-12-13-14-15-19-24(17-7-3)20-16-21-27(25,26)22-23(8-4)18-10-6-2/h23-24H,5-22H2,1-4H3,(H,25,26). The lowest BCUT2D eigenvalue weighted by Gasteiger charge is -2.21. The first-order valence-corrected chi connectivity index (χ1v) is 14.3. The molecule has 0 aromatic heterocycles. The molecule has 27 heavy (non-hydrogen) atoms. The van der Waals surface area contributed by atoms with Gasteiger partial charge in [-0.15, -0.1) is 0 Å². The van der Waals surface area contributed by atoms with Gasteiger partial charge in [-0.2, -0.15) is 0 Å². The summed E-state index contributed by atoms with van der Waals surface area (Å²) in [6.07, 6.45) is 21.2. The van der Waals surface area contributed by atoms with Gasteiger partial charge in [0.2, 0.25) is 7.37 Å². The zero-order valence-electron chi connectivity index (χ0n) is 19.2. The van der Waals surface area contributed by atoms with Crippen LogP contribution >= 0.6 is 7.37 Å². The van der Waals surface area contributed by atoms with E-state index in [9.17, 15) is 9.46 Å². The average molecular weight is 403 g/mol. The van der Waals surface area contributed by atoms with Gasteiger partial charge in [-0.3, -0.25) is 4.57 Å². The quantitative estimate of drug-likeness (QED) is 0.163. The summed E-state index contributed by atoms with van der Waals surface area (Å²) in [5.41, 5.74) is 0. The summed E-state index contributed by atoms with van der Waals surface area (Å²) in [6.45, 7) is 8.91. The summed E-state index contributed by atoms with van der Waals surface area (Å²) >= 11 is 0. The molecule has 1 N–H and O–H groups in total. The first-order chi connectivity index (χ1) is 13.0. The first-order valence-electron chi connectivity index (χ1n) is 12.3. The van der Waals surface area contributed by atoms with Crippen LogP contribution in [0.2, 0.25) is 0 Å².